The van der Waals surface area contributed by atoms with E-state index in [-0.39, 0.29) is 5.75 Å². The van der Waals surface area contributed by atoms with Gasteiger partial charge in [-0.05, 0) is 24.0 Å². The van der Waals surface area contributed by atoms with Crippen molar-refractivity contribution in [3.8, 4) is 0 Å². The Labute approximate surface area is 171 Å². The van der Waals surface area contributed by atoms with E-state index in [4.69, 9.17) is 5.73 Å². The number of thiol groups is 1. The zero-order chi connectivity index (χ0) is 19.1. The molecule has 0 fully saturated rings. The summed E-state index contributed by atoms with van der Waals surface area (Å²) in [6.45, 7) is 0. The Kier molecular flexibility index (Phi) is 8.16. The molecule has 26 heavy (non-hydrogen) atoms. The van der Waals surface area contributed by atoms with Crippen LogP contribution in [-0.2, 0) is 27.2 Å². The third-order valence-electron chi connectivity index (χ3n) is 4.19. The van der Waals surface area contributed by atoms with Crippen LogP contribution in [-0.4, -0.2) is 51.4 Å². The molecule has 142 valence electrons. The number of carbonyl (C=O) groups excluding carboxylic acids is 3. The molecule has 0 spiro atoms. The smallest absolute Gasteiger partial charge is 0.244 e. The lowest BCUT2D eigenvalue weighted by molar-refractivity contribution is -0.129. The molecule has 0 bridgehead atoms. The van der Waals surface area contributed by atoms with Gasteiger partial charge in [0.05, 0.1) is 12.1 Å². The highest BCUT2D eigenvalue weighted by atomic mass is 127. The maximum atomic E-state index is 12.4. The minimum absolute atomic E-state index is 0.111. The predicted molar refractivity (Wildman–Crippen MR) is 112 cm³/mol. The van der Waals surface area contributed by atoms with Crippen LogP contribution in [0.25, 0.3) is 6.08 Å². The van der Waals surface area contributed by atoms with Crippen LogP contribution in [0.4, 0.5) is 0 Å². The van der Waals surface area contributed by atoms with Gasteiger partial charge in [0.25, 0.3) is 0 Å². The van der Waals surface area contributed by atoms with Crippen molar-refractivity contribution >= 4 is 59.4 Å². The number of aromatic nitrogens is 1. The molecule has 0 saturated carbocycles. The van der Waals surface area contributed by atoms with Crippen molar-refractivity contribution in [3.05, 3.63) is 29.1 Å². The van der Waals surface area contributed by atoms with Crippen LogP contribution >= 0.6 is 35.2 Å². The highest BCUT2D eigenvalue weighted by molar-refractivity contribution is 14.1. The maximum absolute atomic E-state index is 12.4. The van der Waals surface area contributed by atoms with Crippen LogP contribution in [0.2, 0.25) is 0 Å². The first-order chi connectivity index (χ1) is 12.5. The molecule has 7 nitrogen and oxygen atoms in total. The summed E-state index contributed by atoms with van der Waals surface area (Å²) >= 11 is 6.11. The van der Waals surface area contributed by atoms with Gasteiger partial charge in [-0.25, -0.2) is 0 Å². The number of amides is 2. The number of nitrogens with one attached hydrogen (secondary N) is 3. The summed E-state index contributed by atoms with van der Waals surface area (Å²) in [7, 11) is 0. The van der Waals surface area contributed by atoms with Gasteiger partial charge >= 0.3 is 0 Å². The first kappa shape index (κ1) is 21.0. The van der Waals surface area contributed by atoms with E-state index in [0.29, 0.717) is 17.1 Å². The first-order valence-electron chi connectivity index (χ1n) is 8.34. The molecule has 3 atom stereocenters. The van der Waals surface area contributed by atoms with E-state index in [0.717, 1.165) is 29.7 Å². The Morgan fingerprint density at radius 3 is 2.81 bits per heavy atom. The molecule has 5 N–H and O–H groups in total. The SMILES string of the molecule is NC(CI)C(=O)NC(CS)C(=O)N[C@@H](C=O)Cc1c[nH]c2c1C=CCC2. The summed E-state index contributed by atoms with van der Waals surface area (Å²) in [6, 6.07) is -2.22. The number of carbonyl (C=O) groups is 3. The molecule has 1 aromatic rings. The normalized spacial score (nSPS) is 16.3. The van der Waals surface area contributed by atoms with Crippen LogP contribution in [0.3, 0.4) is 0 Å². The number of aldehydes is 1. The van der Waals surface area contributed by atoms with Crippen molar-refractivity contribution in [3.63, 3.8) is 0 Å². The topological polar surface area (TPSA) is 117 Å². The maximum Gasteiger partial charge on any atom is 0.244 e. The van der Waals surface area contributed by atoms with E-state index in [9.17, 15) is 14.4 Å². The van der Waals surface area contributed by atoms with Gasteiger partial charge in [0.1, 0.15) is 12.3 Å². The number of nitrogens with two attached hydrogens (primary N) is 1. The van der Waals surface area contributed by atoms with E-state index in [1.807, 2.05) is 34.9 Å². The highest BCUT2D eigenvalue weighted by Crippen LogP contribution is 2.23. The summed E-state index contributed by atoms with van der Waals surface area (Å²) in [6.07, 6.45) is 9.02. The molecule has 1 heterocycles. The molecule has 0 radical (unpaired) electrons. The summed E-state index contributed by atoms with van der Waals surface area (Å²) in [5.74, 6) is -0.758. The Morgan fingerprint density at radius 1 is 1.38 bits per heavy atom. The van der Waals surface area contributed by atoms with Crippen LogP contribution in [0.15, 0.2) is 12.3 Å². The second kappa shape index (κ2) is 10.1. The van der Waals surface area contributed by atoms with Crippen LogP contribution in [0.5, 0.6) is 0 Å². The van der Waals surface area contributed by atoms with Crippen LogP contribution < -0.4 is 16.4 Å². The molecule has 1 aliphatic carbocycles. The first-order valence-corrected chi connectivity index (χ1v) is 10.5. The van der Waals surface area contributed by atoms with Gasteiger partial charge in [-0.3, -0.25) is 9.59 Å². The van der Waals surface area contributed by atoms with Crippen molar-refractivity contribution in [2.24, 2.45) is 5.73 Å². The second-order valence-corrected chi connectivity index (χ2v) is 7.35. The van der Waals surface area contributed by atoms with E-state index in [2.05, 4.69) is 34.3 Å². The highest BCUT2D eigenvalue weighted by Gasteiger charge is 2.25. The number of aromatic amines is 1. The standard InChI is InChI=1S/C17H23IN4O3S/c18-6-13(19)16(24)22-15(9-26)17(25)21-11(8-23)5-10-7-20-14-4-2-1-3-12(10)14/h1,3,7-8,11,13,15,20,26H,2,4-6,9,19H2,(H,21,25)(H,22,24)/t11-,13?,15?/m1/s1. The molecular formula is C17H23IN4O3S. The van der Waals surface area contributed by atoms with Crippen LogP contribution in [0, 0.1) is 0 Å². The number of halogens is 1. The van der Waals surface area contributed by atoms with E-state index >= 15 is 0 Å². The van der Waals surface area contributed by atoms with Crippen molar-refractivity contribution in [2.45, 2.75) is 37.4 Å². The number of allylic oxidation sites excluding steroid dienone is 1. The molecule has 0 saturated heterocycles. The van der Waals surface area contributed by atoms with E-state index in [1.54, 1.807) is 0 Å². The van der Waals surface area contributed by atoms with Gasteiger partial charge < -0.3 is 26.1 Å². The number of alkyl halides is 1. The number of fused-ring (bicyclic) bond motifs is 1. The minimum Gasteiger partial charge on any atom is -0.364 e. The predicted octanol–water partition coefficient (Wildman–Crippen LogP) is 0.377. The van der Waals surface area contributed by atoms with Crippen LogP contribution in [0.1, 0.15) is 23.2 Å². The van der Waals surface area contributed by atoms with Gasteiger partial charge in [0.2, 0.25) is 11.8 Å². The average Bonchev–Trinajstić information content (AvgIpc) is 3.07. The van der Waals surface area contributed by atoms with E-state index in [1.165, 1.54) is 0 Å². The van der Waals surface area contributed by atoms with Gasteiger partial charge in [0.15, 0.2) is 0 Å². The fourth-order valence-corrected chi connectivity index (χ4v) is 3.39. The molecule has 1 aliphatic rings. The number of hydrogen-bond donors (Lipinski definition) is 5. The molecule has 9 heteroatoms. The summed E-state index contributed by atoms with van der Waals surface area (Å²) in [5, 5.41) is 5.24. The van der Waals surface area contributed by atoms with Crippen molar-refractivity contribution in [2.75, 3.05) is 10.2 Å². The quantitative estimate of drug-likeness (QED) is 0.149. The molecule has 0 aliphatic heterocycles. The minimum atomic E-state index is -0.845. The lowest BCUT2D eigenvalue weighted by atomic mass is 9.98. The largest absolute Gasteiger partial charge is 0.364 e. The molecule has 2 amide bonds. The average molecular weight is 490 g/mol. The third kappa shape index (κ3) is 5.34. The summed E-state index contributed by atoms with van der Waals surface area (Å²) in [5.41, 5.74) is 8.87. The second-order valence-electron chi connectivity index (χ2n) is 6.11. The Morgan fingerprint density at radius 2 is 2.15 bits per heavy atom. The molecule has 2 unspecified atom stereocenters. The number of hydrogen-bond acceptors (Lipinski definition) is 5. The van der Waals surface area contributed by atoms with Gasteiger partial charge in [0, 0.05) is 28.5 Å². The summed E-state index contributed by atoms with van der Waals surface area (Å²) in [4.78, 5) is 39.0. The Bertz CT molecular complexity index is 692. The zero-order valence-corrected chi connectivity index (χ0v) is 17.3. The monoisotopic (exact) mass is 490 g/mol. The number of aryl methyl sites for hydroxylation is 1. The molecular weight excluding hydrogens is 467 g/mol. The van der Waals surface area contributed by atoms with Gasteiger partial charge in [-0.15, -0.1) is 0 Å². The Hall–Kier alpha value is -1.33. The number of H-pyrrole nitrogens is 1. The molecule has 2 rings (SSSR count). The molecule has 1 aromatic heterocycles. The molecule has 0 aromatic carbocycles. The van der Waals surface area contributed by atoms with Crippen molar-refractivity contribution < 1.29 is 14.4 Å². The lowest BCUT2D eigenvalue weighted by Gasteiger charge is -2.21. The van der Waals surface area contributed by atoms with Gasteiger partial charge in [-0.2, -0.15) is 12.6 Å². The fourth-order valence-electron chi connectivity index (χ4n) is 2.73. The fraction of sp³-hybridized carbons (Fsp3) is 0.471. The lowest BCUT2D eigenvalue weighted by Crippen LogP contribution is -2.55. The van der Waals surface area contributed by atoms with Crippen molar-refractivity contribution in [1.82, 2.24) is 15.6 Å². The summed E-state index contributed by atoms with van der Waals surface area (Å²) < 4.78 is 0.438. The zero-order valence-electron chi connectivity index (χ0n) is 14.2. The number of rotatable bonds is 9. The van der Waals surface area contributed by atoms with Crippen molar-refractivity contribution in [1.29, 1.82) is 0 Å². The Balaban J connectivity index is 1.99. The van der Waals surface area contributed by atoms with E-state index < -0.39 is 29.9 Å². The van der Waals surface area contributed by atoms with Gasteiger partial charge in [-0.1, -0.05) is 34.7 Å². The third-order valence-corrected chi connectivity index (χ3v) is 5.50.